The van der Waals surface area contributed by atoms with Crippen LogP contribution < -0.4 is 21.3 Å². The molecule has 0 bridgehead atoms. The van der Waals surface area contributed by atoms with Crippen molar-refractivity contribution in [1.29, 1.82) is 0 Å². The third-order valence-electron chi connectivity index (χ3n) is 25.2. The number of rotatable bonds is 52. The minimum atomic E-state index is -1.90. The highest BCUT2D eigenvalue weighted by Gasteiger charge is 2.38. The number of aliphatic hydroxyl groups excluding tert-OH is 1. The molecule has 4 rings (SSSR count). The van der Waals surface area contributed by atoms with Gasteiger partial charge in [0.15, 0.2) is 6.29 Å². The van der Waals surface area contributed by atoms with Gasteiger partial charge in [0.05, 0.1) is 124 Å². The molecule has 0 unspecified atom stereocenters. The van der Waals surface area contributed by atoms with Crippen LogP contribution in [0.25, 0.3) is 0 Å². The first kappa shape index (κ1) is 126. The molecular weight excluding hydrogens is 1920 g/mol. The Morgan fingerprint density at radius 1 is 0.200 bits per heavy atom. The fourth-order valence-corrected chi connectivity index (χ4v) is 16.9. The van der Waals surface area contributed by atoms with Crippen LogP contribution in [-0.4, -0.2) is 674 Å². The van der Waals surface area contributed by atoms with Crippen LogP contribution in [0, 0.1) is 5.41 Å². The van der Waals surface area contributed by atoms with Crippen molar-refractivity contribution in [3.8, 4) is 0 Å². The number of nitrogens with zero attached hydrogens (tertiary/aromatic N) is 20. The van der Waals surface area contributed by atoms with E-state index in [-0.39, 0.29) is 216 Å². The zero-order valence-electron chi connectivity index (χ0n) is 85.0. The van der Waals surface area contributed by atoms with Crippen LogP contribution in [0.4, 0.5) is 0 Å². The average Bonchev–Trinajstić information content (AvgIpc) is 0.837. The molecular formula is C89H158N24O32. The molecule has 145 heavy (non-hydrogen) atoms. The summed E-state index contributed by atoms with van der Waals surface area (Å²) in [5.41, 5.74) is -1.90. The molecule has 0 atom stereocenters. The van der Waals surface area contributed by atoms with E-state index in [0.29, 0.717) is 0 Å². The summed E-state index contributed by atoms with van der Waals surface area (Å²) < 4.78 is 0. The molecule has 0 saturated carbocycles. The van der Waals surface area contributed by atoms with Gasteiger partial charge in [-0.2, -0.15) is 0 Å². The predicted octanol–water partition coefficient (Wildman–Crippen LogP) is -11.5. The Kier molecular flexibility index (Phi) is 58.0. The van der Waals surface area contributed by atoms with Crippen molar-refractivity contribution in [1.82, 2.24) is 119 Å². The number of β-amino-alcohol motifs (C(OH)–C–C–N with tert-alkyl or cyclic N) is 2. The fraction of sp³-hybridized carbons (Fsp3) is 0.787. The number of hydrogen-bond acceptors (Lipinski definition) is 37. The molecule has 4 fully saturated rings. The number of carboxylic acid groups (broad SMARTS) is 11. The molecule has 4 aliphatic heterocycles. The molecule has 8 amide bonds. The number of carboxylic acids is 11. The van der Waals surface area contributed by atoms with Gasteiger partial charge >= 0.3 is 65.7 Å². The third-order valence-corrected chi connectivity index (χ3v) is 25.2. The lowest BCUT2D eigenvalue weighted by Crippen LogP contribution is -2.60. The molecule has 4 heterocycles. The van der Waals surface area contributed by atoms with Crippen LogP contribution in [0.3, 0.4) is 0 Å². The van der Waals surface area contributed by atoms with E-state index in [0.717, 1.165) is 0 Å². The van der Waals surface area contributed by atoms with Gasteiger partial charge in [0, 0.05) is 272 Å². The van der Waals surface area contributed by atoms with E-state index in [9.17, 15) is 134 Å². The normalized spacial score (nSPS) is 18.2. The second-order valence-corrected chi connectivity index (χ2v) is 38.3. The summed E-state index contributed by atoms with van der Waals surface area (Å²) in [6.07, 6.45) is -1.78. The first-order valence-electron chi connectivity index (χ1n) is 48.8. The number of aliphatic hydroxyl groups is 2. The Labute approximate surface area is 844 Å². The Bertz CT molecular complexity index is 3740. The summed E-state index contributed by atoms with van der Waals surface area (Å²) in [5, 5.41) is 140. The van der Waals surface area contributed by atoms with E-state index in [1.165, 1.54) is 19.6 Å². The predicted molar refractivity (Wildman–Crippen MR) is 517 cm³/mol. The number of nitrogens with one attached hydrogen (secondary N) is 4. The van der Waals surface area contributed by atoms with Crippen LogP contribution in [0.15, 0.2) is 0 Å². The summed E-state index contributed by atoms with van der Waals surface area (Å²) in [4.78, 5) is 285. The Morgan fingerprint density at radius 2 is 0.310 bits per heavy atom. The molecule has 826 valence electrons. The highest BCUT2D eigenvalue weighted by molar-refractivity contribution is 5.89. The maximum atomic E-state index is 15.2. The molecule has 0 aromatic rings. The van der Waals surface area contributed by atoms with Crippen LogP contribution >= 0.6 is 0 Å². The first-order chi connectivity index (χ1) is 68.2. The largest absolute Gasteiger partial charge is 0.480 e. The van der Waals surface area contributed by atoms with Crippen molar-refractivity contribution in [2.24, 2.45) is 5.41 Å². The zero-order valence-corrected chi connectivity index (χ0v) is 85.0. The van der Waals surface area contributed by atoms with Gasteiger partial charge in [0.2, 0.25) is 47.3 Å². The molecule has 4 saturated heterocycles. The van der Waals surface area contributed by atoms with Gasteiger partial charge in [-0.25, -0.2) is 0 Å². The molecule has 4 aliphatic rings. The van der Waals surface area contributed by atoms with E-state index in [4.69, 9.17) is 0 Å². The van der Waals surface area contributed by atoms with Gasteiger partial charge in [0.1, 0.15) is 0 Å². The molecule has 0 aromatic carbocycles. The number of carbonyl (C=O) groups is 19. The SMILES string of the molecule is CC(C)N(CC(=O)NCC(CNC(=O)CN(C(=O)CN1CCN(CC(=O)O)CCN(CC(=O)O)CCN(CC(=O)O)CC1)C(C)C)(CNC(=O)CN(C(=O)CN1CCN(CC(=O)O)CCN(CC(=O)O)CCN(CC(=O)O)CC1)C(C)C)CNC(=O)CN(C(=O)CN1CCN(CC(=O)O)CCN(CC(O)O)CCN(CC(=O)O)CC1)C(C)C)C(=O)CN1CCN(CC(=O)O)CCN(CC(=O)O)CCN(CC(=O)O)CC1. The van der Waals surface area contributed by atoms with Gasteiger partial charge in [-0.15, -0.1) is 0 Å². The van der Waals surface area contributed by atoms with E-state index in [1.807, 2.05) is 0 Å². The number of aliphatic carboxylic acids is 11. The average molecular weight is 2080 g/mol. The van der Waals surface area contributed by atoms with E-state index in [1.54, 1.807) is 134 Å². The van der Waals surface area contributed by atoms with Crippen molar-refractivity contribution in [2.45, 2.75) is 85.8 Å². The van der Waals surface area contributed by atoms with Gasteiger partial charge in [-0.3, -0.25) is 169 Å². The Morgan fingerprint density at radius 3 is 0.414 bits per heavy atom. The van der Waals surface area contributed by atoms with E-state index in [2.05, 4.69) is 21.3 Å². The monoisotopic (exact) mass is 2080 g/mol. The summed E-state index contributed by atoms with van der Waals surface area (Å²) in [7, 11) is 0. The standard InChI is InChI=1S/C89H158N24O32/c1-65(2)110(73(118)45-94-9-17-98(49-77(122)123)25-33-106(57-85(138)139)34-26-99(18-10-94)50-78(124)125)41-69(114)90-61-89(62-91-70(115)42-111(66(3)4)74(119)46-95-11-19-100(51-79(126)127)27-35-107(58-86(140)141)36-28-101(20-12-95)52-80(128)129,63-92-71(116)43-112(67(5)6)75(120)47-96-13-21-102(53-81(130)131)29-37-108(59-87(142)143)38-30-103(22-14-96)54-82(132)133)64-93-72(117)44-113(68(7)8)76(121)48-97-15-23-104(55-83(134)135)31-39-109(60-88(144)145)40-32-105(24-16-97)56-84(136)137/h65-68,85,138-139H,9-64H2,1-8H3,(H,90,114)(H,91,115)(H,92,116)(H,93,117)(H,122,123)(H,124,125)(H,126,127)(H,128,129)(H,130,131)(H,132,133)(H,134,135)(H,136,137)(H,140,141)(H,142,143)(H,144,145). The zero-order chi connectivity index (χ0) is 108. The third kappa shape index (κ3) is 54.5. The van der Waals surface area contributed by atoms with Gasteiger partial charge in [-0.1, -0.05) is 0 Å². The highest BCUT2D eigenvalue weighted by Crippen LogP contribution is 2.18. The maximum absolute atomic E-state index is 15.2. The number of hydrogen-bond donors (Lipinski definition) is 17. The van der Waals surface area contributed by atoms with Crippen molar-refractivity contribution in [3.63, 3.8) is 0 Å². The quantitative estimate of drug-likeness (QED) is 0.0252. The second-order valence-electron chi connectivity index (χ2n) is 38.3. The minimum Gasteiger partial charge on any atom is -0.480 e. The van der Waals surface area contributed by atoms with Crippen LogP contribution in [0.2, 0.25) is 0 Å². The molecule has 0 radical (unpaired) electrons. The lowest BCUT2D eigenvalue weighted by Gasteiger charge is -2.37. The Hall–Kier alpha value is -10.8. The van der Waals surface area contributed by atoms with Crippen LogP contribution in [-0.2, 0) is 91.1 Å². The summed E-state index contributed by atoms with van der Waals surface area (Å²) in [5.74, 6) is -19.3. The highest BCUT2D eigenvalue weighted by atomic mass is 16.5. The van der Waals surface area contributed by atoms with E-state index < -0.39 is 299 Å². The van der Waals surface area contributed by atoms with E-state index >= 15 is 24.0 Å². The minimum absolute atomic E-state index is 0.00450. The van der Waals surface area contributed by atoms with Crippen LogP contribution in [0.1, 0.15) is 55.4 Å². The second kappa shape index (κ2) is 66.4. The Balaban J connectivity index is 1.94. The fourth-order valence-electron chi connectivity index (χ4n) is 16.9. The summed E-state index contributed by atoms with van der Waals surface area (Å²) >= 11 is 0. The first-order valence-corrected chi connectivity index (χ1v) is 48.8. The maximum Gasteiger partial charge on any atom is 0.317 e. The molecule has 56 heteroatoms. The topological polar surface area (TPSA) is 700 Å². The van der Waals surface area contributed by atoms with Gasteiger partial charge in [-0.05, 0) is 55.4 Å². The molecule has 0 aromatic heterocycles. The lowest BCUT2D eigenvalue weighted by atomic mass is 9.86. The smallest absolute Gasteiger partial charge is 0.317 e. The van der Waals surface area contributed by atoms with Gasteiger partial charge < -0.3 is 107 Å². The van der Waals surface area contributed by atoms with Crippen molar-refractivity contribution in [3.05, 3.63) is 0 Å². The van der Waals surface area contributed by atoms with Gasteiger partial charge in [0.25, 0.3) is 0 Å². The molecule has 17 N–H and O–H groups in total. The molecule has 0 spiro atoms. The molecule has 56 nitrogen and oxygen atoms in total. The lowest BCUT2D eigenvalue weighted by molar-refractivity contribution is -0.141. The van der Waals surface area contributed by atoms with Crippen LogP contribution in [0.5, 0.6) is 0 Å². The van der Waals surface area contributed by atoms with Crippen molar-refractivity contribution in [2.75, 3.05) is 367 Å². The number of carbonyl (C=O) groups excluding carboxylic acids is 8. The van der Waals surface area contributed by atoms with Crippen molar-refractivity contribution < 1.29 is 157 Å². The molecule has 0 aliphatic carbocycles. The van der Waals surface area contributed by atoms with Crippen molar-refractivity contribution >= 4 is 113 Å². The summed E-state index contributed by atoms with van der Waals surface area (Å²) in [6, 6.07) is -3.09. The summed E-state index contributed by atoms with van der Waals surface area (Å²) in [6.45, 7) is 1.69. The number of amides is 8.